The number of aryl methyl sites for hydroxylation is 1. The Labute approximate surface area is 144 Å². The molecule has 3 rings (SSSR count). The maximum Gasteiger partial charge on any atom is 0.419 e. The predicted molar refractivity (Wildman–Crippen MR) is 94.6 cm³/mol. The van der Waals surface area contributed by atoms with Gasteiger partial charge in [0.25, 0.3) is 0 Å². The summed E-state index contributed by atoms with van der Waals surface area (Å²) in [7, 11) is 0. The van der Waals surface area contributed by atoms with Gasteiger partial charge in [-0.2, -0.15) is 0 Å². The molecular formula is C18H17ClN2O3. The van der Waals surface area contributed by atoms with Gasteiger partial charge in [-0.05, 0) is 31.2 Å². The standard InChI is InChI=1S/C18H17ClN2O3/c1-2-20(14-6-4-3-5-7-14)17(22)10-11-21-15-9-8-13(19)12-16(15)24-18(21)23/h3-9,12H,2,10-11H2,1H3. The molecule has 0 fully saturated rings. The molecule has 0 saturated heterocycles. The maximum absolute atomic E-state index is 12.5. The number of hydrogen-bond acceptors (Lipinski definition) is 3. The van der Waals surface area contributed by atoms with Gasteiger partial charge in [-0.3, -0.25) is 9.36 Å². The van der Waals surface area contributed by atoms with Gasteiger partial charge < -0.3 is 9.32 Å². The zero-order valence-corrected chi connectivity index (χ0v) is 14.0. The van der Waals surface area contributed by atoms with E-state index in [1.54, 1.807) is 23.1 Å². The smallest absolute Gasteiger partial charge is 0.408 e. The van der Waals surface area contributed by atoms with Gasteiger partial charge in [0.05, 0.1) is 5.52 Å². The highest BCUT2D eigenvalue weighted by molar-refractivity contribution is 6.31. The van der Waals surface area contributed by atoms with Gasteiger partial charge >= 0.3 is 5.76 Å². The molecule has 0 aliphatic rings. The third kappa shape index (κ3) is 3.21. The second-order valence-corrected chi connectivity index (χ2v) is 5.79. The SMILES string of the molecule is CCN(C(=O)CCn1c(=O)oc2cc(Cl)ccc21)c1ccccc1. The third-order valence-corrected chi connectivity index (χ3v) is 4.10. The lowest BCUT2D eigenvalue weighted by Crippen LogP contribution is -2.32. The average molecular weight is 345 g/mol. The van der Waals surface area contributed by atoms with Crippen LogP contribution in [0.15, 0.2) is 57.7 Å². The highest BCUT2D eigenvalue weighted by Crippen LogP contribution is 2.19. The highest BCUT2D eigenvalue weighted by Gasteiger charge is 2.16. The first-order valence-electron chi connectivity index (χ1n) is 7.74. The van der Waals surface area contributed by atoms with Crippen LogP contribution in [0.2, 0.25) is 5.02 Å². The van der Waals surface area contributed by atoms with E-state index in [1.165, 1.54) is 4.57 Å². The van der Waals surface area contributed by atoms with Gasteiger partial charge in [-0.25, -0.2) is 4.79 Å². The number of fused-ring (bicyclic) bond motifs is 1. The average Bonchev–Trinajstić information content (AvgIpc) is 2.89. The second-order valence-electron chi connectivity index (χ2n) is 5.36. The lowest BCUT2D eigenvalue weighted by molar-refractivity contribution is -0.118. The topological polar surface area (TPSA) is 55.5 Å². The Balaban J connectivity index is 1.79. The Kier molecular flexibility index (Phi) is 4.71. The van der Waals surface area contributed by atoms with Crippen LogP contribution in [0.25, 0.3) is 11.1 Å². The van der Waals surface area contributed by atoms with E-state index in [2.05, 4.69) is 0 Å². The van der Waals surface area contributed by atoms with Gasteiger partial charge in [0, 0.05) is 36.3 Å². The van der Waals surface area contributed by atoms with E-state index in [0.717, 1.165) is 5.69 Å². The molecule has 0 unspecified atom stereocenters. The molecule has 0 spiro atoms. The van der Waals surface area contributed by atoms with Crippen molar-refractivity contribution < 1.29 is 9.21 Å². The molecule has 24 heavy (non-hydrogen) atoms. The van der Waals surface area contributed by atoms with Crippen molar-refractivity contribution in [3.8, 4) is 0 Å². The Morgan fingerprint density at radius 3 is 2.67 bits per heavy atom. The summed E-state index contributed by atoms with van der Waals surface area (Å²) < 4.78 is 6.64. The van der Waals surface area contributed by atoms with Crippen LogP contribution in [0.3, 0.4) is 0 Å². The van der Waals surface area contributed by atoms with Crippen molar-refractivity contribution in [3.05, 3.63) is 64.1 Å². The van der Waals surface area contributed by atoms with Crippen LogP contribution in [-0.2, 0) is 11.3 Å². The predicted octanol–water partition coefficient (Wildman–Crippen LogP) is 3.69. The molecule has 0 saturated carbocycles. The first-order valence-corrected chi connectivity index (χ1v) is 8.12. The van der Waals surface area contributed by atoms with Gasteiger partial charge in [0.15, 0.2) is 5.58 Å². The van der Waals surface area contributed by atoms with Crippen molar-refractivity contribution >= 4 is 34.3 Å². The number of halogens is 1. The first-order chi connectivity index (χ1) is 11.6. The molecular weight excluding hydrogens is 328 g/mol. The number of nitrogens with zero attached hydrogens (tertiary/aromatic N) is 2. The molecule has 2 aromatic carbocycles. The van der Waals surface area contributed by atoms with Gasteiger partial charge in [0.1, 0.15) is 0 Å². The number of rotatable bonds is 5. The molecule has 124 valence electrons. The van der Waals surface area contributed by atoms with Gasteiger partial charge in [-0.1, -0.05) is 29.8 Å². The summed E-state index contributed by atoms with van der Waals surface area (Å²) in [6.07, 6.45) is 0.208. The van der Waals surface area contributed by atoms with Crippen LogP contribution in [-0.4, -0.2) is 17.0 Å². The van der Waals surface area contributed by atoms with Crippen LogP contribution in [0.4, 0.5) is 5.69 Å². The molecule has 1 heterocycles. The fraction of sp³-hybridized carbons (Fsp3) is 0.222. The van der Waals surface area contributed by atoms with Crippen LogP contribution in [0.1, 0.15) is 13.3 Å². The fourth-order valence-electron chi connectivity index (χ4n) is 2.71. The summed E-state index contributed by atoms with van der Waals surface area (Å²) in [5, 5.41) is 0.501. The van der Waals surface area contributed by atoms with E-state index >= 15 is 0 Å². The largest absolute Gasteiger partial charge is 0.419 e. The number of carbonyl (C=O) groups is 1. The van der Waals surface area contributed by atoms with E-state index in [4.69, 9.17) is 16.0 Å². The highest BCUT2D eigenvalue weighted by atomic mass is 35.5. The minimum absolute atomic E-state index is 0.0427. The molecule has 0 aliphatic carbocycles. The lowest BCUT2D eigenvalue weighted by Gasteiger charge is -2.21. The van der Waals surface area contributed by atoms with Gasteiger partial charge in [0.2, 0.25) is 5.91 Å². The third-order valence-electron chi connectivity index (χ3n) is 3.86. The molecule has 0 bridgehead atoms. The van der Waals surface area contributed by atoms with E-state index in [0.29, 0.717) is 22.7 Å². The van der Waals surface area contributed by atoms with E-state index in [1.807, 2.05) is 37.3 Å². The summed E-state index contributed by atoms with van der Waals surface area (Å²) in [4.78, 5) is 26.2. The number of benzene rings is 2. The van der Waals surface area contributed by atoms with Crippen LogP contribution >= 0.6 is 11.6 Å². The molecule has 6 heteroatoms. The lowest BCUT2D eigenvalue weighted by atomic mass is 10.2. The molecule has 0 atom stereocenters. The Morgan fingerprint density at radius 2 is 1.96 bits per heavy atom. The van der Waals surface area contributed by atoms with E-state index in [9.17, 15) is 9.59 Å². The second kappa shape index (κ2) is 6.93. The molecule has 1 amide bonds. The zero-order valence-electron chi connectivity index (χ0n) is 13.2. The summed E-state index contributed by atoms with van der Waals surface area (Å²) in [5.74, 6) is -0.526. The quantitative estimate of drug-likeness (QED) is 0.709. The van der Waals surface area contributed by atoms with Crippen LogP contribution < -0.4 is 10.7 Å². The summed E-state index contributed by atoms with van der Waals surface area (Å²) in [5.41, 5.74) is 1.91. The van der Waals surface area contributed by atoms with Crippen molar-refractivity contribution in [2.75, 3.05) is 11.4 Å². The maximum atomic E-state index is 12.5. The van der Waals surface area contributed by atoms with Gasteiger partial charge in [-0.15, -0.1) is 0 Å². The van der Waals surface area contributed by atoms with Crippen molar-refractivity contribution in [3.63, 3.8) is 0 Å². The fourth-order valence-corrected chi connectivity index (χ4v) is 2.87. The van der Waals surface area contributed by atoms with Crippen molar-refractivity contribution in [1.29, 1.82) is 0 Å². The molecule has 0 radical (unpaired) electrons. The first kappa shape index (κ1) is 16.3. The van der Waals surface area contributed by atoms with Crippen molar-refractivity contribution in [1.82, 2.24) is 4.57 Å². The number of anilines is 1. The van der Waals surface area contributed by atoms with Crippen LogP contribution in [0.5, 0.6) is 0 Å². The Morgan fingerprint density at radius 1 is 1.21 bits per heavy atom. The normalized spacial score (nSPS) is 10.9. The zero-order chi connectivity index (χ0) is 17.1. The Bertz CT molecular complexity index is 915. The van der Waals surface area contributed by atoms with Crippen molar-refractivity contribution in [2.24, 2.45) is 0 Å². The van der Waals surface area contributed by atoms with Crippen LogP contribution in [0, 0.1) is 0 Å². The van der Waals surface area contributed by atoms with E-state index in [-0.39, 0.29) is 18.9 Å². The molecule has 5 nitrogen and oxygen atoms in total. The number of hydrogen-bond donors (Lipinski definition) is 0. The molecule has 0 aliphatic heterocycles. The summed E-state index contributed by atoms with van der Waals surface area (Å²) in [6, 6.07) is 14.5. The van der Waals surface area contributed by atoms with Crippen molar-refractivity contribution in [2.45, 2.75) is 19.9 Å². The number of aromatic nitrogens is 1. The Hall–Kier alpha value is -2.53. The molecule has 1 aromatic heterocycles. The number of oxazole rings is 1. The molecule has 3 aromatic rings. The molecule has 0 N–H and O–H groups in total. The summed E-state index contributed by atoms with van der Waals surface area (Å²) >= 11 is 5.90. The summed E-state index contributed by atoms with van der Waals surface area (Å²) in [6.45, 7) is 2.75. The number of amides is 1. The number of carbonyl (C=O) groups excluding carboxylic acids is 1. The monoisotopic (exact) mass is 344 g/mol. The minimum atomic E-state index is -0.483. The number of para-hydroxylation sites is 1. The van der Waals surface area contributed by atoms with E-state index < -0.39 is 5.76 Å². The minimum Gasteiger partial charge on any atom is -0.408 e.